The first-order valence-corrected chi connectivity index (χ1v) is 7.06. The zero-order valence-corrected chi connectivity index (χ0v) is 12.3. The number of hydrogen-bond donors (Lipinski definition) is 0. The molecule has 1 aliphatic heterocycles. The minimum atomic E-state index is -0.0197. The van der Waals surface area contributed by atoms with Crippen LogP contribution in [0.4, 0.5) is 0 Å². The summed E-state index contributed by atoms with van der Waals surface area (Å²) in [6.07, 6.45) is 0.720. The first-order chi connectivity index (χ1) is 7.09. The molecule has 1 heterocycles. The van der Waals surface area contributed by atoms with Crippen molar-refractivity contribution in [3.8, 4) is 0 Å². The summed E-state index contributed by atoms with van der Waals surface area (Å²) < 4.78 is 0. The van der Waals surface area contributed by atoms with E-state index in [2.05, 4.69) is 41.5 Å². The first-order valence-electron chi connectivity index (χ1n) is 6.02. The van der Waals surface area contributed by atoms with Crippen molar-refractivity contribution in [3.63, 3.8) is 0 Å². The number of carbonyl (C=O) groups is 1. The molecule has 0 saturated carbocycles. The molecule has 3 heteroatoms. The largest absolute Gasteiger partial charge is 0.337 e. The SMILES string of the molecule is CC(C)(C)CSC1CC(=O)N(C(C)(C)C)C1. The highest BCUT2D eigenvalue weighted by Gasteiger charge is 2.36. The number of likely N-dealkylation sites (tertiary alicyclic amines) is 1. The fourth-order valence-corrected chi connectivity index (χ4v) is 3.05. The Labute approximate surface area is 104 Å². The van der Waals surface area contributed by atoms with Gasteiger partial charge in [-0.25, -0.2) is 0 Å². The van der Waals surface area contributed by atoms with Crippen molar-refractivity contribution in [2.45, 2.75) is 58.8 Å². The summed E-state index contributed by atoms with van der Waals surface area (Å²) in [5.74, 6) is 1.45. The van der Waals surface area contributed by atoms with Gasteiger partial charge in [0.15, 0.2) is 0 Å². The van der Waals surface area contributed by atoms with Gasteiger partial charge < -0.3 is 4.90 Å². The number of nitrogens with zero attached hydrogens (tertiary/aromatic N) is 1. The van der Waals surface area contributed by atoms with Gasteiger partial charge in [0, 0.05) is 23.8 Å². The molecule has 1 fully saturated rings. The zero-order chi connectivity index (χ0) is 12.6. The Morgan fingerprint density at radius 3 is 2.19 bits per heavy atom. The number of carbonyl (C=O) groups excluding carboxylic acids is 1. The Kier molecular flexibility index (Phi) is 3.99. The molecule has 1 unspecified atom stereocenters. The summed E-state index contributed by atoms with van der Waals surface area (Å²) in [4.78, 5) is 13.9. The summed E-state index contributed by atoms with van der Waals surface area (Å²) in [6, 6.07) is 0. The van der Waals surface area contributed by atoms with Crippen molar-refractivity contribution in [2.24, 2.45) is 5.41 Å². The van der Waals surface area contributed by atoms with Crippen LogP contribution < -0.4 is 0 Å². The molecule has 1 amide bonds. The van der Waals surface area contributed by atoms with Crippen LogP contribution >= 0.6 is 11.8 Å². The van der Waals surface area contributed by atoms with E-state index in [1.54, 1.807) is 0 Å². The van der Waals surface area contributed by atoms with E-state index in [1.807, 2.05) is 16.7 Å². The van der Waals surface area contributed by atoms with Crippen molar-refractivity contribution in [2.75, 3.05) is 12.3 Å². The smallest absolute Gasteiger partial charge is 0.224 e. The fraction of sp³-hybridized carbons (Fsp3) is 0.923. The van der Waals surface area contributed by atoms with Crippen LogP contribution in [0.2, 0.25) is 0 Å². The first kappa shape index (κ1) is 13.9. The van der Waals surface area contributed by atoms with Crippen LogP contribution in [0.3, 0.4) is 0 Å². The Bertz CT molecular complexity index is 262. The van der Waals surface area contributed by atoms with Crippen LogP contribution in [0.5, 0.6) is 0 Å². The van der Waals surface area contributed by atoms with Gasteiger partial charge in [-0.15, -0.1) is 0 Å². The van der Waals surface area contributed by atoms with Crippen molar-refractivity contribution in [3.05, 3.63) is 0 Å². The highest BCUT2D eigenvalue weighted by Crippen LogP contribution is 2.32. The molecule has 2 nitrogen and oxygen atoms in total. The predicted octanol–water partition coefficient (Wildman–Crippen LogP) is 3.17. The standard InChI is InChI=1S/C13H25NOS/c1-12(2,3)9-16-10-7-11(15)14(8-10)13(4,5)6/h10H,7-9H2,1-6H3. The van der Waals surface area contributed by atoms with Crippen molar-refractivity contribution in [1.82, 2.24) is 4.90 Å². The van der Waals surface area contributed by atoms with Gasteiger partial charge in [-0.3, -0.25) is 4.79 Å². The second kappa shape index (κ2) is 4.59. The third kappa shape index (κ3) is 4.00. The average molecular weight is 243 g/mol. The number of amides is 1. The van der Waals surface area contributed by atoms with E-state index in [0.29, 0.717) is 16.6 Å². The molecule has 0 aromatic carbocycles. The molecule has 1 saturated heterocycles. The zero-order valence-electron chi connectivity index (χ0n) is 11.5. The predicted molar refractivity (Wildman–Crippen MR) is 71.8 cm³/mol. The Hall–Kier alpha value is -0.180. The average Bonchev–Trinajstić information content (AvgIpc) is 2.41. The van der Waals surface area contributed by atoms with E-state index >= 15 is 0 Å². The minimum absolute atomic E-state index is 0.0197. The minimum Gasteiger partial charge on any atom is -0.337 e. The van der Waals surface area contributed by atoms with Crippen LogP contribution in [0, 0.1) is 5.41 Å². The molecular weight excluding hydrogens is 218 g/mol. The van der Waals surface area contributed by atoms with Gasteiger partial charge in [0.1, 0.15) is 0 Å². The van der Waals surface area contributed by atoms with E-state index < -0.39 is 0 Å². The number of thioether (sulfide) groups is 1. The Morgan fingerprint density at radius 2 is 1.81 bits per heavy atom. The third-order valence-corrected chi connectivity index (χ3v) is 4.47. The number of hydrogen-bond acceptors (Lipinski definition) is 2. The van der Waals surface area contributed by atoms with Crippen LogP contribution in [-0.4, -0.2) is 33.9 Å². The summed E-state index contributed by atoms with van der Waals surface area (Å²) in [6.45, 7) is 14.0. The molecule has 0 N–H and O–H groups in total. The quantitative estimate of drug-likeness (QED) is 0.742. The van der Waals surface area contributed by atoms with Gasteiger partial charge in [0.2, 0.25) is 5.91 Å². The second-order valence-corrected chi connectivity index (χ2v) is 8.16. The normalized spacial score (nSPS) is 23.0. The van der Waals surface area contributed by atoms with Crippen LogP contribution in [0.1, 0.15) is 48.0 Å². The van der Waals surface area contributed by atoms with Gasteiger partial charge in [0.05, 0.1) is 0 Å². The summed E-state index contributed by atoms with van der Waals surface area (Å²) >= 11 is 1.95. The van der Waals surface area contributed by atoms with Gasteiger partial charge in [0.25, 0.3) is 0 Å². The van der Waals surface area contributed by atoms with E-state index in [0.717, 1.165) is 18.7 Å². The van der Waals surface area contributed by atoms with E-state index in [4.69, 9.17) is 0 Å². The summed E-state index contributed by atoms with van der Waals surface area (Å²) in [5, 5.41) is 0.492. The molecule has 0 aliphatic carbocycles. The highest BCUT2D eigenvalue weighted by molar-refractivity contribution is 8.00. The van der Waals surface area contributed by atoms with E-state index in [9.17, 15) is 4.79 Å². The molecule has 1 aliphatic rings. The molecule has 0 radical (unpaired) electrons. The van der Waals surface area contributed by atoms with Gasteiger partial charge in [-0.1, -0.05) is 20.8 Å². The Morgan fingerprint density at radius 1 is 1.25 bits per heavy atom. The maximum atomic E-state index is 11.9. The van der Waals surface area contributed by atoms with Crippen LogP contribution in [0.15, 0.2) is 0 Å². The molecule has 0 aromatic heterocycles. The van der Waals surface area contributed by atoms with Gasteiger partial charge in [-0.05, 0) is 31.9 Å². The maximum absolute atomic E-state index is 11.9. The topological polar surface area (TPSA) is 20.3 Å². The van der Waals surface area contributed by atoms with E-state index in [1.165, 1.54) is 0 Å². The maximum Gasteiger partial charge on any atom is 0.224 e. The molecule has 0 spiro atoms. The molecule has 94 valence electrons. The molecular formula is C13H25NOS. The van der Waals surface area contributed by atoms with E-state index in [-0.39, 0.29) is 5.54 Å². The summed E-state index contributed by atoms with van der Waals surface area (Å²) in [7, 11) is 0. The Balaban J connectivity index is 2.48. The second-order valence-electron chi connectivity index (χ2n) is 6.87. The monoisotopic (exact) mass is 243 g/mol. The van der Waals surface area contributed by atoms with Gasteiger partial charge >= 0.3 is 0 Å². The molecule has 0 bridgehead atoms. The summed E-state index contributed by atoms with van der Waals surface area (Å²) in [5.41, 5.74) is 0.330. The van der Waals surface area contributed by atoms with Crippen molar-refractivity contribution >= 4 is 17.7 Å². The molecule has 1 rings (SSSR count). The fourth-order valence-electron chi connectivity index (χ4n) is 1.80. The molecule has 16 heavy (non-hydrogen) atoms. The lowest BCUT2D eigenvalue weighted by atomic mass is 10.0. The van der Waals surface area contributed by atoms with Crippen LogP contribution in [-0.2, 0) is 4.79 Å². The number of rotatable bonds is 2. The molecule has 0 aromatic rings. The lowest BCUT2D eigenvalue weighted by Crippen LogP contribution is -2.42. The molecule has 1 atom stereocenters. The lowest BCUT2D eigenvalue weighted by molar-refractivity contribution is -0.131. The van der Waals surface area contributed by atoms with Crippen molar-refractivity contribution in [1.29, 1.82) is 0 Å². The van der Waals surface area contributed by atoms with Crippen LogP contribution in [0.25, 0.3) is 0 Å². The third-order valence-electron chi connectivity index (χ3n) is 2.65. The lowest BCUT2D eigenvalue weighted by Gasteiger charge is -2.32. The van der Waals surface area contributed by atoms with Gasteiger partial charge in [-0.2, -0.15) is 11.8 Å². The van der Waals surface area contributed by atoms with Crippen molar-refractivity contribution < 1.29 is 4.79 Å². The highest BCUT2D eigenvalue weighted by atomic mass is 32.2.